The van der Waals surface area contributed by atoms with Gasteiger partial charge in [0.2, 0.25) is 0 Å². The number of anilines is 1. The van der Waals surface area contributed by atoms with Crippen molar-refractivity contribution in [1.82, 2.24) is 4.98 Å². The number of hydrogen-bond acceptors (Lipinski definition) is 4. The molecule has 96 valence electrons. The highest BCUT2D eigenvalue weighted by molar-refractivity contribution is 9.10. The van der Waals surface area contributed by atoms with Crippen LogP contribution in [-0.2, 0) is 17.8 Å². The Hall–Kier alpha value is -0.910. The number of ether oxygens (including phenoxy) is 1. The highest BCUT2D eigenvalue weighted by Crippen LogP contribution is 2.19. The van der Waals surface area contributed by atoms with Gasteiger partial charge in [-0.1, -0.05) is 22.0 Å². The zero-order chi connectivity index (χ0) is 13.0. The first-order chi connectivity index (χ1) is 8.66. The molecule has 0 bridgehead atoms. The Morgan fingerprint density at radius 3 is 2.94 bits per heavy atom. The van der Waals surface area contributed by atoms with Gasteiger partial charge >= 0.3 is 0 Å². The molecule has 5 heteroatoms. The lowest BCUT2D eigenvalue weighted by atomic mass is 10.2. The summed E-state index contributed by atoms with van der Waals surface area (Å²) in [6.07, 6.45) is 0.910. The summed E-state index contributed by atoms with van der Waals surface area (Å²) in [6, 6.07) is 5.85. The highest BCUT2D eigenvalue weighted by Gasteiger charge is 2.03. The monoisotopic (exact) mass is 326 g/mol. The molecule has 0 unspecified atom stereocenters. The van der Waals surface area contributed by atoms with E-state index in [-0.39, 0.29) is 0 Å². The van der Waals surface area contributed by atoms with Crippen LogP contribution in [0.15, 0.2) is 28.2 Å². The Kier molecular flexibility index (Phi) is 4.74. The third kappa shape index (κ3) is 3.54. The van der Waals surface area contributed by atoms with Crippen molar-refractivity contribution in [2.75, 3.05) is 12.3 Å². The summed E-state index contributed by atoms with van der Waals surface area (Å²) >= 11 is 5.06. The second-order valence-corrected chi connectivity index (χ2v) is 5.86. The van der Waals surface area contributed by atoms with Crippen LogP contribution in [0.2, 0.25) is 0 Å². The number of aryl methyl sites for hydroxylation is 1. The molecule has 0 spiro atoms. The predicted octanol–water partition coefficient (Wildman–Crippen LogP) is 3.56. The third-order valence-electron chi connectivity index (χ3n) is 2.68. The quantitative estimate of drug-likeness (QED) is 0.675. The van der Waals surface area contributed by atoms with Crippen molar-refractivity contribution in [2.24, 2.45) is 0 Å². The number of thiazole rings is 1. The van der Waals surface area contributed by atoms with E-state index in [0.29, 0.717) is 13.2 Å². The second kappa shape index (κ2) is 6.31. The molecule has 0 atom stereocenters. The minimum atomic E-state index is 0.553. The first-order valence-corrected chi connectivity index (χ1v) is 7.34. The molecule has 2 N–H and O–H groups in total. The molecule has 1 aromatic heterocycles. The van der Waals surface area contributed by atoms with Gasteiger partial charge in [0, 0.05) is 27.0 Å². The minimum Gasteiger partial charge on any atom is -0.398 e. The predicted molar refractivity (Wildman–Crippen MR) is 78.8 cm³/mol. The molecule has 2 aromatic rings. The van der Waals surface area contributed by atoms with Crippen LogP contribution in [0.4, 0.5) is 5.69 Å². The smallest absolute Gasteiger partial charge is 0.0797 e. The van der Waals surface area contributed by atoms with Gasteiger partial charge in [0.25, 0.3) is 0 Å². The van der Waals surface area contributed by atoms with Gasteiger partial charge in [-0.3, -0.25) is 0 Å². The van der Waals surface area contributed by atoms with E-state index in [4.69, 9.17) is 10.5 Å². The Labute approximate surface area is 119 Å². The maximum Gasteiger partial charge on any atom is 0.0797 e. The highest BCUT2D eigenvalue weighted by atomic mass is 79.9. The molecular formula is C13H15BrN2OS. The maximum atomic E-state index is 5.90. The van der Waals surface area contributed by atoms with Crippen molar-refractivity contribution in [3.8, 4) is 0 Å². The van der Waals surface area contributed by atoms with E-state index in [2.05, 4.69) is 20.9 Å². The minimum absolute atomic E-state index is 0.553. The molecule has 1 aromatic carbocycles. The van der Waals surface area contributed by atoms with E-state index < -0.39 is 0 Å². The van der Waals surface area contributed by atoms with Gasteiger partial charge < -0.3 is 10.5 Å². The number of nitrogens with two attached hydrogens (primary N) is 1. The van der Waals surface area contributed by atoms with Crippen molar-refractivity contribution >= 4 is 33.0 Å². The summed E-state index contributed by atoms with van der Waals surface area (Å²) in [4.78, 5) is 5.51. The van der Waals surface area contributed by atoms with Gasteiger partial charge in [0.15, 0.2) is 0 Å². The SMILES string of the molecule is Cc1ncsc1CCOCc1ccc(Br)cc1N. The summed E-state index contributed by atoms with van der Waals surface area (Å²) in [5, 5.41) is 0. The van der Waals surface area contributed by atoms with Crippen LogP contribution in [0.5, 0.6) is 0 Å². The fourth-order valence-electron chi connectivity index (χ4n) is 1.61. The zero-order valence-electron chi connectivity index (χ0n) is 10.1. The number of aromatic nitrogens is 1. The topological polar surface area (TPSA) is 48.1 Å². The van der Waals surface area contributed by atoms with Crippen molar-refractivity contribution in [3.05, 3.63) is 44.3 Å². The Morgan fingerprint density at radius 1 is 1.44 bits per heavy atom. The second-order valence-electron chi connectivity index (χ2n) is 4.01. The summed E-state index contributed by atoms with van der Waals surface area (Å²) in [6.45, 7) is 3.27. The first kappa shape index (κ1) is 13.5. The molecule has 0 saturated carbocycles. The van der Waals surface area contributed by atoms with Gasteiger partial charge in [-0.2, -0.15) is 0 Å². The number of nitrogen functional groups attached to an aromatic ring is 1. The average Bonchev–Trinajstić information content (AvgIpc) is 2.73. The number of rotatable bonds is 5. The zero-order valence-corrected chi connectivity index (χ0v) is 12.6. The van der Waals surface area contributed by atoms with Crippen LogP contribution in [0.1, 0.15) is 16.1 Å². The fourth-order valence-corrected chi connectivity index (χ4v) is 2.75. The lowest BCUT2D eigenvalue weighted by Gasteiger charge is -2.07. The molecule has 0 aliphatic heterocycles. The van der Waals surface area contributed by atoms with E-state index in [1.54, 1.807) is 11.3 Å². The Morgan fingerprint density at radius 2 is 2.28 bits per heavy atom. The fraction of sp³-hybridized carbons (Fsp3) is 0.308. The van der Waals surface area contributed by atoms with E-state index in [9.17, 15) is 0 Å². The van der Waals surface area contributed by atoms with Crippen LogP contribution in [0, 0.1) is 6.92 Å². The van der Waals surface area contributed by atoms with Crippen molar-refractivity contribution in [2.45, 2.75) is 20.0 Å². The molecule has 2 rings (SSSR count). The number of benzene rings is 1. The van der Waals surface area contributed by atoms with Crippen LogP contribution >= 0.6 is 27.3 Å². The van der Waals surface area contributed by atoms with Crippen LogP contribution in [-0.4, -0.2) is 11.6 Å². The normalized spacial score (nSPS) is 10.8. The standard InChI is InChI=1S/C13H15BrN2OS/c1-9-13(18-8-16-9)4-5-17-7-10-2-3-11(14)6-12(10)15/h2-3,6,8H,4-5,7,15H2,1H3. The van der Waals surface area contributed by atoms with Crippen molar-refractivity contribution < 1.29 is 4.74 Å². The molecule has 0 fully saturated rings. The molecular weight excluding hydrogens is 312 g/mol. The van der Waals surface area contributed by atoms with Gasteiger partial charge in [0.1, 0.15) is 0 Å². The number of hydrogen-bond donors (Lipinski definition) is 1. The molecule has 0 aliphatic carbocycles. The maximum absolute atomic E-state index is 5.90. The van der Waals surface area contributed by atoms with Gasteiger partial charge in [-0.25, -0.2) is 4.98 Å². The van der Waals surface area contributed by atoms with Crippen LogP contribution in [0.3, 0.4) is 0 Å². The molecule has 0 amide bonds. The number of halogens is 1. The molecule has 0 aliphatic rings. The summed E-state index contributed by atoms with van der Waals surface area (Å²) in [7, 11) is 0. The lowest BCUT2D eigenvalue weighted by Crippen LogP contribution is -2.01. The van der Waals surface area contributed by atoms with Crippen LogP contribution < -0.4 is 5.73 Å². The Bertz CT molecular complexity index is 527. The van der Waals surface area contributed by atoms with Gasteiger partial charge in [0.05, 0.1) is 24.4 Å². The first-order valence-electron chi connectivity index (χ1n) is 5.67. The molecule has 3 nitrogen and oxygen atoms in total. The van der Waals surface area contributed by atoms with E-state index in [0.717, 1.165) is 27.8 Å². The van der Waals surface area contributed by atoms with Crippen LogP contribution in [0.25, 0.3) is 0 Å². The Balaban J connectivity index is 1.80. The lowest BCUT2D eigenvalue weighted by molar-refractivity contribution is 0.124. The summed E-state index contributed by atoms with van der Waals surface area (Å²) < 4.78 is 6.64. The molecule has 0 radical (unpaired) electrons. The molecule has 0 saturated heterocycles. The van der Waals surface area contributed by atoms with Crippen molar-refractivity contribution in [3.63, 3.8) is 0 Å². The van der Waals surface area contributed by atoms with Gasteiger partial charge in [-0.15, -0.1) is 11.3 Å². The summed E-state index contributed by atoms with van der Waals surface area (Å²) in [5.41, 5.74) is 10.7. The average molecular weight is 327 g/mol. The van der Waals surface area contributed by atoms with E-state index in [1.807, 2.05) is 30.6 Å². The molecule has 18 heavy (non-hydrogen) atoms. The largest absolute Gasteiger partial charge is 0.398 e. The summed E-state index contributed by atoms with van der Waals surface area (Å²) in [5.74, 6) is 0. The van der Waals surface area contributed by atoms with E-state index >= 15 is 0 Å². The third-order valence-corrected chi connectivity index (χ3v) is 4.17. The number of nitrogens with zero attached hydrogens (tertiary/aromatic N) is 1. The van der Waals surface area contributed by atoms with E-state index in [1.165, 1.54) is 4.88 Å². The molecule has 1 heterocycles. The van der Waals surface area contributed by atoms with Gasteiger partial charge in [-0.05, 0) is 19.1 Å². The van der Waals surface area contributed by atoms with Crippen molar-refractivity contribution in [1.29, 1.82) is 0 Å².